The molecular weight excluding hydrogens is 442 g/mol. The van der Waals surface area contributed by atoms with E-state index in [0.29, 0.717) is 32.1 Å². The molecule has 7 nitrogen and oxygen atoms in total. The number of hydrogen-bond donors (Lipinski definition) is 4. The van der Waals surface area contributed by atoms with Crippen molar-refractivity contribution in [2.75, 3.05) is 6.61 Å². The smallest absolute Gasteiger partial charge is 0.243 e. The predicted octanol–water partition coefficient (Wildman–Crippen LogP) is 2.76. The first-order valence-electron chi connectivity index (χ1n) is 12.5. The van der Waals surface area contributed by atoms with Crippen molar-refractivity contribution in [2.45, 2.75) is 71.0 Å². The highest BCUT2D eigenvalue weighted by Gasteiger charge is 2.31. The minimum atomic E-state index is -0.797. The number of amides is 3. The topological polar surface area (TPSA) is 108 Å². The molecule has 0 heterocycles. The van der Waals surface area contributed by atoms with E-state index in [1.54, 1.807) is 0 Å². The van der Waals surface area contributed by atoms with Crippen LogP contribution < -0.4 is 16.0 Å². The van der Waals surface area contributed by atoms with Crippen LogP contribution in [0.25, 0.3) is 0 Å². The summed E-state index contributed by atoms with van der Waals surface area (Å²) in [5.41, 5.74) is 1.91. The molecule has 0 saturated carbocycles. The Morgan fingerprint density at radius 2 is 1.37 bits per heavy atom. The Balaban J connectivity index is 2.14. The lowest BCUT2D eigenvalue weighted by Crippen LogP contribution is -2.57. The zero-order chi connectivity index (χ0) is 25.6. The van der Waals surface area contributed by atoms with E-state index in [2.05, 4.69) is 16.0 Å². The number of carbonyl (C=O) groups excluding carboxylic acids is 3. The van der Waals surface area contributed by atoms with Gasteiger partial charge in [0.25, 0.3) is 0 Å². The van der Waals surface area contributed by atoms with E-state index >= 15 is 0 Å². The van der Waals surface area contributed by atoms with Crippen LogP contribution in [-0.2, 0) is 27.2 Å². The molecule has 0 unspecified atom stereocenters. The highest BCUT2D eigenvalue weighted by atomic mass is 16.3. The molecule has 2 aromatic rings. The van der Waals surface area contributed by atoms with E-state index in [0.717, 1.165) is 11.1 Å². The highest BCUT2D eigenvalue weighted by Crippen LogP contribution is 2.11. The molecule has 0 aliphatic heterocycles. The lowest BCUT2D eigenvalue weighted by molar-refractivity contribution is -0.133. The van der Waals surface area contributed by atoms with Crippen LogP contribution in [0.5, 0.6) is 0 Å². The first kappa shape index (κ1) is 28.1. The molecule has 0 saturated heterocycles. The predicted molar refractivity (Wildman–Crippen MR) is 138 cm³/mol. The van der Waals surface area contributed by atoms with Gasteiger partial charge >= 0.3 is 0 Å². The largest absolute Gasteiger partial charge is 0.394 e. The molecule has 0 radical (unpaired) electrons. The molecule has 3 amide bonds. The molecule has 4 N–H and O–H groups in total. The van der Waals surface area contributed by atoms with Crippen LogP contribution >= 0.6 is 0 Å². The van der Waals surface area contributed by atoms with Crippen molar-refractivity contribution >= 4 is 17.7 Å². The van der Waals surface area contributed by atoms with Crippen molar-refractivity contribution in [1.82, 2.24) is 16.0 Å². The van der Waals surface area contributed by atoms with E-state index in [1.807, 2.05) is 81.4 Å². The molecule has 0 bridgehead atoms. The Labute approximate surface area is 208 Å². The van der Waals surface area contributed by atoms with Crippen molar-refractivity contribution in [3.8, 4) is 0 Å². The summed E-state index contributed by atoms with van der Waals surface area (Å²) in [4.78, 5) is 38.9. The van der Waals surface area contributed by atoms with Gasteiger partial charge < -0.3 is 21.1 Å². The SMILES string of the molecule is CCCC(=O)N[C@@H](Cc1ccccc1)C(=O)N[C@H](C(=O)N[C@H](CO)Cc1ccccc1)[C@@H](C)CC. The van der Waals surface area contributed by atoms with Gasteiger partial charge in [-0.2, -0.15) is 0 Å². The van der Waals surface area contributed by atoms with Crippen LogP contribution in [0.2, 0.25) is 0 Å². The summed E-state index contributed by atoms with van der Waals surface area (Å²) in [6, 6.07) is 17.0. The Hall–Kier alpha value is -3.19. The fraction of sp³-hybridized carbons (Fsp3) is 0.464. The van der Waals surface area contributed by atoms with Gasteiger partial charge in [-0.1, -0.05) is 87.9 Å². The van der Waals surface area contributed by atoms with E-state index in [4.69, 9.17) is 0 Å². The second-order valence-corrected chi connectivity index (χ2v) is 9.01. The number of rotatable bonds is 14. The Morgan fingerprint density at radius 1 is 0.800 bits per heavy atom. The average Bonchev–Trinajstić information content (AvgIpc) is 2.87. The molecular formula is C28H39N3O4. The van der Waals surface area contributed by atoms with Crippen molar-refractivity contribution in [3.05, 3.63) is 71.8 Å². The normalized spacial score (nSPS) is 14.3. The van der Waals surface area contributed by atoms with Gasteiger partial charge in [-0.25, -0.2) is 0 Å². The van der Waals surface area contributed by atoms with Crippen molar-refractivity contribution in [2.24, 2.45) is 5.92 Å². The molecule has 0 aliphatic carbocycles. The second kappa shape index (κ2) is 14.9. The van der Waals surface area contributed by atoms with E-state index < -0.39 is 24.0 Å². The van der Waals surface area contributed by atoms with Crippen LogP contribution in [0.1, 0.15) is 51.2 Å². The monoisotopic (exact) mass is 481 g/mol. The van der Waals surface area contributed by atoms with Gasteiger partial charge in [0.05, 0.1) is 12.6 Å². The zero-order valence-corrected chi connectivity index (χ0v) is 21.0. The summed E-state index contributed by atoms with van der Waals surface area (Å²) in [5, 5.41) is 18.5. The molecule has 0 spiro atoms. The number of benzene rings is 2. The molecule has 0 aliphatic rings. The lowest BCUT2D eigenvalue weighted by atomic mass is 9.96. The third kappa shape index (κ3) is 9.53. The van der Waals surface area contributed by atoms with Gasteiger partial charge in [-0.05, 0) is 29.9 Å². The van der Waals surface area contributed by atoms with Crippen LogP contribution in [0, 0.1) is 5.92 Å². The van der Waals surface area contributed by atoms with Gasteiger partial charge in [0.15, 0.2) is 0 Å². The summed E-state index contributed by atoms with van der Waals surface area (Å²) in [6.45, 7) is 5.54. The zero-order valence-electron chi connectivity index (χ0n) is 21.0. The van der Waals surface area contributed by atoms with Crippen LogP contribution in [0.4, 0.5) is 0 Å². The van der Waals surface area contributed by atoms with E-state index in [1.165, 1.54) is 0 Å². The minimum Gasteiger partial charge on any atom is -0.394 e. The lowest BCUT2D eigenvalue weighted by Gasteiger charge is -2.28. The van der Waals surface area contributed by atoms with Crippen LogP contribution in [0.3, 0.4) is 0 Å². The maximum Gasteiger partial charge on any atom is 0.243 e. The molecule has 7 heteroatoms. The second-order valence-electron chi connectivity index (χ2n) is 9.01. The number of aliphatic hydroxyl groups excluding tert-OH is 1. The van der Waals surface area contributed by atoms with Gasteiger partial charge in [0.2, 0.25) is 17.7 Å². The number of nitrogens with one attached hydrogen (secondary N) is 3. The first-order chi connectivity index (χ1) is 16.9. The summed E-state index contributed by atoms with van der Waals surface area (Å²) < 4.78 is 0. The number of aliphatic hydroxyl groups is 1. The van der Waals surface area contributed by atoms with Gasteiger partial charge in [0, 0.05) is 12.8 Å². The van der Waals surface area contributed by atoms with Crippen molar-refractivity contribution in [1.29, 1.82) is 0 Å². The Morgan fingerprint density at radius 3 is 1.89 bits per heavy atom. The third-order valence-corrected chi connectivity index (χ3v) is 6.10. The first-order valence-corrected chi connectivity index (χ1v) is 12.5. The average molecular weight is 482 g/mol. The molecule has 2 rings (SSSR count). The molecule has 190 valence electrons. The minimum absolute atomic E-state index is 0.140. The van der Waals surface area contributed by atoms with E-state index in [-0.39, 0.29) is 24.3 Å². The fourth-order valence-electron chi connectivity index (χ4n) is 3.86. The van der Waals surface area contributed by atoms with Crippen LogP contribution in [0.15, 0.2) is 60.7 Å². The summed E-state index contributed by atoms with van der Waals surface area (Å²) in [5.74, 6) is -1.08. The van der Waals surface area contributed by atoms with Gasteiger partial charge in [-0.3, -0.25) is 14.4 Å². The Bertz CT molecular complexity index is 920. The summed E-state index contributed by atoms with van der Waals surface area (Å²) in [6.07, 6.45) is 2.48. The molecule has 0 aromatic heterocycles. The molecule has 0 fully saturated rings. The Kier molecular flexibility index (Phi) is 12.0. The van der Waals surface area contributed by atoms with E-state index in [9.17, 15) is 19.5 Å². The summed E-state index contributed by atoms with van der Waals surface area (Å²) >= 11 is 0. The standard InChI is InChI=1S/C28H39N3O4/c1-4-12-25(33)30-24(18-22-15-10-7-11-16-22)27(34)31-26(20(3)5-2)28(35)29-23(19-32)17-21-13-8-6-9-14-21/h6-11,13-16,20,23-24,26,32H,4-5,12,17-19H2,1-3H3,(H,29,35)(H,30,33)(H,31,34)/t20-,23-,24-,26-/m0/s1. The molecule has 2 aromatic carbocycles. The maximum absolute atomic E-state index is 13.3. The quantitative estimate of drug-likeness (QED) is 0.333. The maximum atomic E-state index is 13.3. The fourth-order valence-corrected chi connectivity index (χ4v) is 3.86. The molecule has 35 heavy (non-hydrogen) atoms. The highest BCUT2D eigenvalue weighted by molar-refractivity contribution is 5.92. The number of carbonyl (C=O) groups is 3. The van der Waals surface area contributed by atoms with Crippen LogP contribution in [-0.4, -0.2) is 47.6 Å². The molecule has 4 atom stereocenters. The van der Waals surface area contributed by atoms with Gasteiger partial charge in [0.1, 0.15) is 12.1 Å². The van der Waals surface area contributed by atoms with Crippen molar-refractivity contribution < 1.29 is 19.5 Å². The van der Waals surface area contributed by atoms with Crippen molar-refractivity contribution in [3.63, 3.8) is 0 Å². The third-order valence-electron chi connectivity index (χ3n) is 6.10. The number of hydrogen-bond acceptors (Lipinski definition) is 4. The van der Waals surface area contributed by atoms with Gasteiger partial charge in [-0.15, -0.1) is 0 Å². The summed E-state index contributed by atoms with van der Waals surface area (Å²) in [7, 11) is 0.